The van der Waals surface area contributed by atoms with Crippen molar-refractivity contribution in [2.45, 2.75) is 57.8 Å². The SMILES string of the molecule is CCC(=O)NC12C(=O)c3c(N)cccc3C1(OC(=O)CC)Oc1cc(C(C)C)ccc12. The topological polar surface area (TPSA) is 108 Å². The molecule has 0 bridgehead atoms. The summed E-state index contributed by atoms with van der Waals surface area (Å²) in [5, 5.41) is 2.86. The van der Waals surface area contributed by atoms with Gasteiger partial charge >= 0.3 is 11.8 Å². The minimum atomic E-state index is -1.87. The molecule has 162 valence electrons. The van der Waals surface area contributed by atoms with Crippen LogP contribution in [0.3, 0.4) is 0 Å². The first kappa shape index (κ1) is 20.9. The van der Waals surface area contributed by atoms with E-state index in [1.165, 1.54) is 0 Å². The third-order valence-corrected chi connectivity index (χ3v) is 6.04. The molecule has 0 aromatic heterocycles. The Morgan fingerprint density at radius 3 is 2.52 bits per heavy atom. The molecule has 7 heteroatoms. The first-order valence-electron chi connectivity index (χ1n) is 10.5. The molecule has 2 unspecified atom stereocenters. The Labute approximate surface area is 180 Å². The highest BCUT2D eigenvalue weighted by Crippen LogP contribution is 2.61. The maximum absolute atomic E-state index is 14.0. The number of rotatable bonds is 5. The summed E-state index contributed by atoms with van der Waals surface area (Å²) in [4.78, 5) is 39.2. The minimum absolute atomic E-state index is 0.0718. The number of hydrogen-bond acceptors (Lipinski definition) is 6. The van der Waals surface area contributed by atoms with E-state index in [4.69, 9.17) is 15.2 Å². The second kappa shape index (κ2) is 7.11. The lowest BCUT2D eigenvalue weighted by Crippen LogP contribution is -2.61. The molecule has 4 rings (SSSR count). The number of carbonyl (C=O) groups excluding carboxylic acids is 3. The molecule has 0 saturated carbocycles. The third-order valence-electron chi connectivity index (χ3n) is 6.04. The average molecular weight is 422 g/mol. The van der Waals surface area contributed by atoms with Gasteiger partial charge in [-0.05, 0) is 23.6 Å². The van der Waals surface area contributed by atoms with Crippen LogP contribution >= 0.6 is 0 Å². The van der Waals surface area contributed by atoms with Gasteiger partial charge < -0.3 is 20.5 Å². The molecule has 0 saturated heterocycles. The monoisotopic (exact) mass is 422 g/mol. The van der Waals surface area contributed by atoms with Crippen molar-refractivity contribution in [3.63, 3.8) is 0 Å². The number of nitrogens with two attached hydrogens (primary N) is 1. The van der Waals surface area contributed by atoms with E-state index >= 15 is 0 Å². The summed E-state index contributed by atoms with van der Waals surface area (Å²) in [5.41, 5.74) is 6.61. The first-order valence-corrected chi connectivity index (χ1v) is 10.5. The molecule has 0 fully saturated rings. The highest BCUT2D eigenvalue weighted by Gasteiger charge is 2.75. The average Bonchev–Trinajstić information content (AvgIpc) is 3.12. The minimum Gasteiger partial charge on any atom is -0.445 e. The van der Waals surface area contributed by atoms with E-state index in [0.717, 1.165) is 5.56 Å². The number of anilines is 1. The van der Waals surface area contributed by atoms with Crippen LogP contribution in [0.5, 0.6) is 5.75 Å². The standard InChI is InChI=1S/C24H26N2O5/c1-5-19(27)26-23-15-11-10-14(13(3)4)12-18(15)30-24(23,31-20(28)6-2)16-8-7-9-17(25)21(16)22(23)29/h7-13H,5-6,25H2,1-4H3,(H,26,27). The summed E-state index contributed by atoms with van der Waals surface area (Å²) in [7, 11) is 0. The number of Topliss-reactive ketones (excluding diaryl/α,β-unsaturated/α-hetero) is 1. The van der Waals surface area contributed by atoms with E-state index in [1.807, 2.05) is 26.0 Å². The van der Waals surface area contributed by atoms with Crippen LogP contribution in [0, 0.1) is 0 Å². The fourth-order valence-corrected chi connectivity index (χ4v) is 4.40. The van der Waals surface area contributed by atoms with Gasteiger partial charge in [0.15, 0.2) is 0 Å². The Kier molecular flexibility index (Phi) is 4.80. The number of nitrogens with one attached hydrogen (secondary N) is 1. The summed E-state index contributed by atoms with van der Waals surface area (Å²) in [6.45, 7) is 7.42. The van der Waals surface area contributed by atoms with E-state index in [1.54, 1.807) is 38.1 Å². The number of esters is 1. The summed E-state index contributed by atoms with van der Waals surface area (Å²) in [6.07, 6.45) is 0.209. The van der Waals surface area contributed by atoms with E-state index in [0.29, 0.717) is 16.9 Å². The van der Waals surface area contributed by atoms with Crippen LogP contribution in [-0.4, -0.2) is 17.7 Å². The van der Waals surface area contributed by atoms with Crippen LogP contribution in [0.1, 0.15) is 73.5 Å². The summed E-state index contributed by atoms with van der Waals surface area (Å²) >= 11 is 0. The first-order chi connectivity index (χ1) is 14.7. The fraction of sp³-hybridized carbons (Fsp3) is 0.375. The molecule has 1 aliphatic carbocycles. The van der Waals surface area contributed by atoms with Gasteiger partial charge in [-0.1, -0.05) is 52.0 Å². The van der Waals surface area contributed by atoms with Crippen molar-refractivity contribution in [1.82, 2.24) is 5.32 Å². The molecule has 2 atom stereocenters. The van der Waals surface area contributed by atoms with Gasteiger partial charge in [0.05, 0.1) is 11.1 Å². The number of carbonyl (C=O) groups is 3. The molecule has 2 aliphatic rings. The molecule has 3 N–H and O–H groups in total. The van der Waals surface area contributed by atoms with Crippen molar-refractivity contribution in [3.8, 4) is 5.75 Å². The number of ketones is 1. The van der Waals surface area contributed by atoms with Gasteiger partial charge in [-0.3, -0.25) is 14.4 Å². The van der Waals surface area contributed by atoms with E-state index in [-0.39, 0.29) is 35.9 Å². The number of hydrogen-bond donors (Lipinski definition) is 2. The van der Waals surface area contributed by atoms with Crippen LogP contribution in [-0.2, 0) is 25.7 Å². The van der Waals surface area contributed by atoms with Crippen LogP contribution in [0.4, 0.5) is 5.69 Å². The molecule has 0 radical (unpaired) electrons. The Balaban J connectivity index is 2.06. The lowest BCUT2D eigenvalue weighted by molar-refractivity contribution is -0.216. The maximum Gasteiger partial charge on any atom is 0.317 e. The van der Waals surface area contributed by atoms with Gasteiger partial charge in [0.2, 0.25) is 17.2 Å². The number of benzene rings is 2. The van der Waals surface area contributed by atoms with Gasteiger partial charge in [-0.2, -0.15) is 0 Å². The highest BCUT2D eigenvalue weighted by molar-refractivity contribution is 6.15. The molecule has 1 heterocycles. The fourth-order valence-electron chi connectivity index (χ4n) is 4.40. The van der Waals surface area contributed by atoms with Gasteiger partial charge in [0.25, 0.3) is 0 Å². The lowest BCUT2D eigenvalue weighted by Gasteiger charge is -2.37. The van der Waals surface area contributed by atoms with Gasteiger partial charge in [0.1, 0.15) is 5.75 Å². The number of ether oxygens (including phenoxy) is 2. The van der Waals surface area contributed by atoms with Crippen molar-refractivity contribution >= 4 is 23.3 Å². The largest absolute Gasteiger partial charge is 0.445 e. The molecule has 2 aromatic rings. The Bertz CT molecular complexity index is 1110. The second-order valence-corrected chi connectivity index (χ2v) is 8.21. The van der Waals surface area contributed by atoms with Crippen molar-refractivity contribution in [2.75, 3.05) is 5.73 Å². The number of nitrogen functional groups attached to an aromatic ring is 1. The van der Waals surface area contributed by atoms with E-state index in [2.05, 4.69) is 5.32 Å². The molecule has 31 heavy (non-hydrogen) atoms. The molecule has 0 spiro atoms. The van der Waals surface area contributed by atoms with Gasteiger partial charge in [-0.25, -0.2) is 0 Å². The van der Waals surface area contributed by atoms with Crippen molar-refractivity contribution in [1.29, 1.82) is 0 Å². The predicted octanol–water partition coefficient (Wildman–Crippen LogP) is 3.51. The summed E-state index contributed by atoms with van der Waals surface area (Å²) in [5.74, 6) is -2.65. The highest BCUT2D eigenvalue weighted by atomic mass is 16.7. The zero-order chi connectivity index (χ0) is 22.6. The van der Waals surface area contributed by atoms with Crippen LogP contribution in [0.15, 0.2) is 36.4 Å². The zero-order valence-corrected chi connectivity index (χ0v) is 18.1. The maximum atomic E-state index is 14.0. The lowest BCUT2D eigenvalue weighted by atomic mass is 9.82. The molecule has 1 amide bonds. The Morgan fingerprint density at radius 1 is 1.13 bits per heavy atom. The summed E-state index contributed by atoms with van der Waals surface area (Å²) in [6, 6.07) is 10.4. The molecular weight excluding hydrogens is 396 g/mol. The molecule has 7 nitrogen and oxygen atoms in total. The quantitative estimate of drug-likeness (QED) is 0.564. The van der Waals surface area contributed by atoms with Gasteiger partial charge in [-0.15, -0.1) is 0 Å². The van der Waals surface area contributed by atoms with Crippen LogP contribution < -0.4 is 15.8 Å². The van der Waals surface area contributed by atoms with Crippen molar-refractivity contribution in [3.05, 3.63) is 58.7 Å². The Morgan fingerprint density at radius 2 is 1.87 bits per heavy atom. The molecule has 2 aromatic carbocycles. The van der Waals surface area contributed by atoms with Gasteiger partial charge in [0, 0.05) is 24.1 Å². The van der Waals surface area contributed by atoms with Crippen molar-refractivity contribution < 1.29 is 23.9 Å². The smallest absolute Gasteiger partial charge is 0.317 e. The normalized spacial score (nSPS) is 23.1. The third kappa shape index (κ3) is 2.69. The Hall–Kier alpha value is -3.35. The van der Waals surface area contributed by atoms with Crippen molar-refractivity contribution in [2.24, 2.45) is 0 Å². The molecule has 1 aliphatic heterocycles. The number of fused-ring (bicyclic) bond motifs is 5. The van der Waals surface area contributed by atoms with Crippen LogP contribution in [0.25, 0.3) is 0 Å². The molecular formula is C24H26N2O5. The van der Waals surface area contributed by atoms with E-state index in [9.17, 15) is 14.4 Å². The number of amides is 1. The van der Waals surface area contributed by atoms with E-state index < -0.39 is 23.1 Å². The second-order valence-electron chi connectivity index (χ2n) is 8.21. The summed E-state index contributed by atoms with van der Waals surface area (Å²) < 4.78 is 12.3. The predicted molar refractivity (Wildman–Crippen MR) is 115 cm³/mol. The van der Waals surface area contributed by atoms with Crippen LogP contribution in [0.2, 0.25) is 0 Å². The zero-order valence-electron chi connectivity index (χ0n) is 18.1.